The van der Waals surface area contributed by atoms with Gasteiger partial charge in [-0.3, -0.25) is 0 Å². The van der Waals surface area contributed by atoms with Crippen molar-refractivity contribution in [2.75, 3.05) is 0 Å². The monoisotopic (exact) mass is 296 g/mol. The van der Waals surface area contributed by atoms with Crippen LogP contribution >= 0.6 is 7.14 Å². The Morgan fingerprint density at radius 1 is 0.905 bits per heavy atom. The smallest absolute Gasteiger partial charge is 0.149 e. The third-order valence-electron chi connectivity index (χ3n) is 4.44. The maximum absolute atomic E-state index is 14.2. The van der Waals surface area contributed by atoms with E-state index >= 15 is 0 Å². The van der Waals surface area contributed by atoms with Crippen LogP contribution < -0.4 is 5.30 Å². The van der Waals surface area contributed by atoms with Crippen LogP contribution in [0.15, 0.2) is 66.2 Å². The Balaban J connectivity index is 2.27. The average molecular weight is 296 g/mol. The quantitative estimate of drug-likeness (QED) is 0.688. The van der Waals surface area contributed by atoms with Crippen LogP contribution in [0.5, 0.6) is 0 Å². The van der Waals surface area contributed by atoms with E-state index in [4.69, 9.17) is 0 Å². The molecule has 0 saturated carbocycles. The molecule has 1 aliphatic heterocycles. The number of hydrogen-bond donors (Lipinski definition) is 0. The molecule has 1 heterocycles. The summed E-state index contributed by atoms with van der Waals surface area (Å²) in [5.41, 5.74) is 2.37. The van der Waals surface area contributed by atoms with Gasteiger partial charge in [0.15, 0.2) is 0 Å². The van der Waals surface area contributed by atoms with Crippen LogP contribution in [-0.4, -0.2) is 5.16 Å². The van der Waals surface area contributed by atoms with Gasteiger partial charge in [-0.15, -0.1) is 0 Å². The van der Waals surface area contributed by atoms with Gasteiger partial charge in [-0.1, -0.05) is 80.1 Å². The SMILES string of the molecule is CC1=C(c2ccccc2)P(=O)(c2ccccc2)C(C)(C)C1. The van der Waals surface area contributed by atoms with Crippen molar-refractivity contribution in [1.29, 1.82) is 0 Å². The minimum Gasteiger partial charge on any atom is -0.313 e. The average Bonchev–Trinajstić information content (AvgIpc) is 2.67. The zero-order valence-corrected chi connectivity index (χ0v) is 13.7. The molecule has 0 amide bonds. The van der Waals surface area contributed by atoms with Gasteiger partial charge in [-0.2, -0.15) is 0 Å². The van der Waals surface area contributed by atoms with E-state index < -0.39 is 7.14 Å². The Bertz CT molecular complexity index is 727. The fraction of sp³-hybridized carbons (Fsp3) is 0.263. The molecule has 0 spiro atoms. The Labute approximate surface area is 127 Å². The Hall–Kier alpha value is -1.59. The molecule has 1 atom stereocenters. The number of hydrogen-bond acceptors (Lipinski definition) is 1. The molecule has 2 aromatic carbocycles. The van der Waals surface area contributed by atoms with Crippen LogP contribution in [0.4, 0.5) is 0 Å². The van der Waals surface area contributed by atoms with Gasteiger partial charge >= 0.3 is 0 Å². The van der Waals surface area contributed by atoms with Crippen LogP contribution in [0.25, 0.3) is 5.31 Å². The molecule has 1 nitrogen and oxygen atoms in total. The highest BCUT2D eigenvalue weighted by atomic mass is 31.2. The second kappa shape index (κ2) is 5.00. The van der Waals surface area contributed by atoms with Gasteiger partial charge < -0.3 is 4.57 Å². The molecular formula is C19H21OP. The maximum atomic E-state index is 14.2. The summed E-state index contributed by atoms with van der Waals surface area (Å²) in [5, 5.41) is 1.83. The number of rotatable bonds is 2. The molecule has 0 aliphatic carbocycles. The van der Waals surface area contributed by atoms with Crippen LogP contribution in [0.1, 0.15) is 32.8 Å². The molecule has 0 saturated heterocycles. The van der Waals surface area contributed by atoms with E-state index in [1.54, 1.807) is 0 Å². The van der Waals surface area contributed by atoms with Gasteiger partial charge in [0.25, 0.3) is 0 Å². The summed E-state index contributed by atoms with van der Waals surface area (Å²) in [6.07, 6.45) is 0.892. The predicted molar refractivity (Wildman–Crippen MR) is 91.4 cm³/mol. The Morgan fingerprint density at radius 3 is 2.00 bits per heavy atom. The first-order valence-corrected chi connectivity index (χ1v) is 9.09. The standard InChI is InChI=1S/C19H21OP/c1-15-14-19(2,3)21(20,17-12-8-5-9-13-17)18(15)16-10-6-4-7-11-16/h4-13H,14H2,1-3H3. The zero-order valence-electron chi connectivity index (χ0n) is 12.8. The topological polar surface area (TPSA) is 17.1 Å². The lowest BCUT2D eigenvalue weighted by Gasteiger charge is -2.30. The Morgan fingerprint density at radius 2 is 1.43 bits per heavy atom. The lowest BCUT2D eigenvalue weighted by Crippen LogP contribution is -2.23. The first-order valence-electron chi connectivity index (χ1n) is 7.38. The fourth-order valence-corrected chi connectivity index (χ4v) is 7.30. The van der Waals surface area contributed by atoms with Crippen LogP contribution in [0.2, 0.25) is 0 Å². The highest BCUT2D eigenvalue weighted by Crippen LogP contribution is 2.73. The van der Waals surface area contributed by atoms with Crippen molar-refractivity contribution < 1.29 is 4.57 Å². The molecule has 0 N–H and O–H groups in total. The van der Waals surface area contributed by atoms with Gasteiger partial charge in [0.2, 0.25) is 0 Å². The molecule has 0 bridgehead atoms. The van der Waals surface area contributed by atoms with E-state index in [1.807, 2.05) is 48.5 Å². The highest BCUT2D eigenvalue weighted by Gasteiger charge is 2.50. The van der Waals surface area contributed by atoms with Crippen molar-refractivity contribution in [2.45, 2.75) is 32.3 Å². The normalized spacial score (nSPS) is 24.3. The Kier molecular flexibility index (Phi) is 3.42. The van der Waals surface area contributed by atoms with Crippen molar-refractivity contribution in [2.24, 2.45) is 0 Å². The minimum atomic E-state index is -2.63. The molecule has 0 radical (unpaired) electrons. The largest absolute Gasteiger partial charge is 0.313 e. The van der Waals surface area contributed by atoms with E-state index in [9.17, 15) is 4.57 Å². The lowest BCUT2D eigenvalue weighted by atomic mass is 10.0. The molecule has 3 rings (SSSR count). The van der Waals surface area contributed by atoms with Crippen molar-refractivity contribution in [3.63, 3.8) is 0 Å². The van der Waals surface area contributed by atoms with E-state index in [2.05, 4.69) is 32.9 Å². The van der Waals surface area contributed by atoms with E-state index in [0.29, 0.717) is 0 Å². The summed E-state index contributed by atoms with van der Waals surface area (Å²) in [6, 6.07) is 20.2. The first-order chi connectivity index (χ1) is 9.97. The summed E-state index contributed by atoms with van der Waals surface area (Å²) in [5.74, 6) is 0. The summed E-state index contributed by atoms with van der Waals surface area (Å²) < 4.78 is 14.2. The molecule has 2 aromatic rings. The van der Waals surface area contributed by atoms with Gasteiger partial charge in [-0.05, 0) is 18.9 Å². The number of allylic oxidation sites excluding steroid dienone is 1. The second-order valence-corrected chi connectivity index (χ2v) is 9.82. The molecule has 2 heteroatoms. The van der Waals surface area contributed by atoms with Crippen LogP contribution in [-0.2, 0) is 4.57 Å². The molecule has 1 aliphatic rings. The van der Waals surface area contributed by atoms with Crippen LogP contribution in [0.3, 0.4) is 0 Å². The van der Waals surface area contributed by atoms with E-state index in [-0.39, 0.29) is 5.16 Å². The van der Waals surface area contributed by atoms with Crippen molar-refractivity contribution >= 4 is 17.8 Å². The molecule has 0 fully saturated rings. The van der Waals surface area contributed by atoms with Gasteiger partial charge in [0, 0.05) is 15.8 Å². The van der Waals surface area contributed by atoms with Crippen molar-refractivity contribution in [1.82, 2.24) is 0 Å². The maximum Gasteiger partial charge on any atom is 0.149 e. The fourth-order valence-electron chi connectivity index (χ4n) is 3.56. The molecule has 1 unspecified atom stereocenters. The highest BCUT2D eigenvalue weighted by molar-refractivity contribution is 7.82. The number of benzene rings is 2. The summed E-state index contributed by atoms with van der Waals surface area (Å²) in [7, 11) is -2.63. The zero-order chi connectivity index (χ0) is 15.1. The van der Waals surface area contributed by atoms with Gasteiger partial charge in [0.1, 0.15) is 7.14 Å². The van der Waals surface area contributed by atoms with E-state index in [0.717, 1.165) is 22.6 Å². The third-order valence-corrected chi connectivity index (χ3v) is 8.59. The minimum absolute atomic E-state index is 0.219. The first kappa shape index (κ1) is 14.4. The summed E-state index contributed by atoms with van der Waals surface area (Å²) >= 11 is 0. The van der Waals surface area contributed by atoms with E-state index in [1.165, 1.54) is 5.57 Å². The van der Waals surface area contributed by atoms with Crippen LogP contribution in [0, 0.1) is 0 Å². The molecule has 21 heavy (non-hydrogen) atoms. The van der Waals surface area contributed by atoms with Crippen molar-refractivity contribution in [3.05, 3.63) is 71.8 Å². The van der Waals surface area contributed by atoms with Gasteiger partial charge in [-0.25, -0.2) is 0 Å². The predicted octanol–water partition coefficient (Wildman–Crippen LogP) is 5.29. The van der Waals surface area contributed by atoms with Crippen molar-refractivity contribution in [3.8, 4) is 0 Å². The third kappa shape index (κ3) is 2.12. The second-order valence-electron chi connectivity index (χ2n) is 6.43. The molecule has 108 valence electrons. The summed E-state index contributed by atoms with van der Waals surface area (Å²) in [6.45, 7) is 6.41. The molecule has 0 aromatic heterocycles. The van der Waals surface area contributed by atoms with Gasteiger partial charge in [0.05, 0.1) is 0 Å². The molecular weight excluding hydrogens is 275 g/mol. The lowest BCUT2D eigenvalue weighted by molar-refractivity contribution is 0.558. The summed E-state index contributed by atoms with van der Waals surface area (Å²) in [4.78, 5) is 0.